The largest absolute Gasteiger partial charge is 0.481 e. The van der Waals surface area contributed by atoms with Crippen LogP contribution >= 0.6 is 11.3 Å². The number of carbonyl (C=O) groups excluding carboxylic acids is 1. The van der Waals surface area contributed by atoms with Crippen molar-refractivity contribution in [3.8, 4) is 0 Å². The highest BCUT2D eigenvalue weighted by atomic mass is 32.1. The molecule has 1 aromatic heterocycles. The summed E-state index contributed by atoms with van der Waals surface area (Å²) < 4.78 is 0. The molecule has 0 aromatic carbocycles. The van der Waals surface area contributed by atoms with Crippen molar-refractivity contribution in [2.45, 2.75) is 53.5 Å². The van der Waals surface area contributed by atoms with Crippen LogP contribution in [0.4, 0.5) is 9.93 Å². The van der Waals surface area contributed by atoms with Gasteiger partial charge >= 0.3 is 12.0 Å². The normalized spacial score (nSPS) is 12.8. The lowest BCUT2D eigenvalue weighted by atomic mass is 9.85. The Kier molecular flexibility index (Phi) is 5.71. The molecule has 0 spiro atoms. The predicted molar refractivity (Wildman–Crippen MR) is 83.9 cm³/mol. The fraction of sp³-hybridized carbons (Fsp3) is 0.643. The maximum absolute atomic E-state index is 12.0. The number of urea groups is 1. The van der Waals surface area contributed by atoms with Crippen molar-refractivity contribution in [3.05, 3.63) is 10.6 Å². The number of aromatic nitrogens is 1. The van der Waals surface area contributed by atoms with Crippen molar-refractivity contribution in [1.82, 2.24) is 10.3 Å². The summed E-state index contributed by atoms with van der Waals surface area (Å²) in [4.78, 5) is 28.3. The molecule has 0 aliphatic heterocycles. The van der Waals surface area contributed by atoms with Crippen molar-refractivity contribution in [2.24, 2.45) is 5.41 Å². The minimum atomic E-state index is -0.936. The van der Waals surface area contributed by atoms with Crippen LogP contribution < -0.4 is 10.6 Å². The monoisotopic (exact) mass is 313 g/mol. The van der Waals surface area contributed by atoms with Gasteiger partial charge in [0.1, 0.15) is 0 Å². The molecular formula is C14H23N3O3S. The number of aryl methyl sites for hydroxylation is 2. The van der Waals surface area contributed by atoms with Gasteiger partial charge in [0.25, 0.3) is 0 Å². The van der Waals surface area contributed by atoms with E-state index in [1.807, 2.05) is 34.6 Å². The highest BCUT2D eigenvalue weighted by Crippen LogP contribution is 2.24. The summed E-state index contributed by atoms with van der Waals surface area (Å²) in [5.74, 6) is -0.936. The molecule has 118 valence electrons. The van der Waals surface area contributed by atoms with E-state index in [1.165, 1.54) is 11.3 Å². The number of carboxylic acids is 1. The Balaban J connectivity index is 2.71. The number of hydrogen-bond donors (Lipinski definition) is 3. The highest BCUT2D eigenvalue weighted by molar-refractivity contribution is 7.15. The quantitative estimate of drug-likeness (QED) is 0.779. The Bertz CT molecular complexity index is 520. The van der Waals surface area contributed by atoms with Gasteiger partial charge in [0.15, 0.2) is 5.13 Å². The predicted octanol–water partition coefficient (Wildman–Crippen LogP) is 3.02. The first kappa shape index (κ1) is 17.4. The number of carboxylic acid groups (broad SMARTS) is 1. The van der Waals surface area contributed by atoms with Crippen molar-refractivity contribution in [1.29, 1.82) is 0 Å². The Morgan fingerprint density at radius 3 is 2.43 bits per heavy atom. The van der Waals surface area contributed by atoms with Gasteiger partial charge in [0.2, 0.25) is 0 Å². The van der Waals surface area contributed by atoms with Gasteiger partial charge in [0, 0.05) is 10.9 Å². The van der Waals surface area contributed by atoms with Gasteiger partial charge in [-0.3, -0.25) is 10.1 Å². The van der Waals surface area contributed by atoms with E-state index in [-0.39, 0.29) is 11.8 Å². The van der Waals surface area contributed by atoms with Crippen molar-refractivity contribution in [2.75, 3.05) is 5.32 Å². The number of thiazole rings is 1. The van der Waals surface area contributed by atoms with Gasteiger partial charge in [-0.15, -0.1) is 11.3 Å². The highest BCUT2D eigenvalue weighted by Gasteiger charge is 2.28. The topological polar surface area (TPSA) is 91.3 Å². The molecule has 2 amide bonds. The number of carbonyl (C=O) groups is 2. The average molecular weight is 313 g/mol. The average Bonchev–Trinajstić information content (AvgIpc) is 2.66. The number of nitrogens with zero attached hydrogens (tertiary/aromatic N) is 1. The molecule has 3 N–H and O–H groups in total. The van der Waals surface area contributed by atoms with Gasteiger partial charge in [-0.1, -0.05) is 27.7 Å². The van der Waals surface area contributed by atoms with Gasteiger partial charge < -0.3 is 10.4 Å². The number of aliphatic carboxylic acids is 1. The summed E-state index contributed by atoms with van der Waals surface area (Å²) in [6.45, 7) is 9.65. The summed E-state index contributed by atoms with van der Waals surface area (Å²) in [5.41, 5.74) is 0.622. The zero-order chi connectivity index (χ0) is 16.2. The maximum Gasteiger partial charge on any atom is 0.321 e. The van der Waals surface area contributed by atoms with Crippen molar-refractivity contribution < 1.29 is 14.7 Å². The van der Waals surface area contributed by atoms with Crippen LogP contribution in [0.5, 0.6) is 0 Å². The van der Waals surface area contributed by atoms with E-state index in [9.17, 15) is 9.59 Å². The van der Waals surface area contributed by atoms with E-state index >= 15 is 0 Å². The Labute approximate surface area is 129 Å². The minimum absolute atomic E-state index is 0.117. The molecule has 0 fully saturated rings. The summed E-state index contributed by atoms with van der Waals surface area (Å²) in [7, 11) is 0. The molecule has 0 saturated heterocycles. The van der Waals surface area contributed by atoms with Crippen LogP contribution in [-0.4, -0.2) is 28.1 Å². The van der Waals surface area contributed by atoms with Crippen LogP contribution in [0, 0.1) is 12.3 Å². The van der Waals surface area contributed by atoms with E-state index in [1.54, 1.807) is 0 Å². The van der Waals surface area contributed by atoms with Crippen LogP contribution in [0.1, 0.15) is 44.7 Å². The Morgan fingerprint density at radius 1 is 1.38 bits per heavy atom. The standard InChI is InChI=1S/C14H23N3O3S/c1-6-9-8(2)21-13(15-9)17-12(20)16-10(7-11(18)19)14(3,4)5/h10H,6-7H2,1-5H3,(H,18,19)(H2,15,16,17,20). The van der Waals surface area contributed by atoms with Gasteiger partial charge in [-0.2, -0.15) is 0 Å². The smallest absolute Gasteiger partial charge is 0.321 e. The first-order valence-electron chi connectivity index (χ1n) is 6.89. The summed E-state index contributed by atoms with van der Waals surface area (Å²) in [6.07, 6.45) is 0.698. The number of nitrogens with one attached hydrogen (secondary N) is 2. The van der Waals surface area contributed by atoms with E-state index < -0.39 is 18.0 Å². The second-order valence-corrected chi connectivity index (χ2v) is 7.19. The van der Waals surface area contributed by atoms with E-state index in [0.717, 1.165) is 17.0 Å². The van der Waals surface area contributed by atoms with E-state index in [2.05, 4.69) is 15.6 Å². The molecule has 7 heteroatoms. The third-order valence-electron chi connectivity index (χ3n) is 3.18. The lowest BCUT2D eigenvalue weighted by molar-refractivity contribution is -0.138. The van der Waals surface area contributed by atoms with Crippen LogP contribution in [0.3, 0.4) is 0 Å². The molecule has 1 atom stereocenters. The fourth-order valence-corrected chi connectivity index (χ4v) is 2.75. The van der Waals surface area contributed by atoms with Crippen LogP contribution in [-0.2, 0) is 11.2 Å². The van der Waals surface area contributed by atoms with Crippen molar-refractivity contribution in [3.63, 3.8) is 0 Å². The van der Waals surface area contributed by atoms with E-state index in [4.69, 9.17) is 5.11 Å². The molecule has 1 aromatic rings. The zero-order valence-corrected chi connectivity index (χ0v) is 13.9. The lowest BCUT2D eigenvalue weighted by Gasteiger charge is -2.30. The SMILES string of the molecule is CCc1nc(NC(=O)NC(CC(=O)O)C(C)(C)C)sc1C. The van der Waals surface area contributed by atoms with Gasteiger partial charge in [0.05, 0.1) is 12.1 Å². The zero-order valence-electron chi connectivity index (χ0n) is 13.1. The van der Waals surface area contributed by atoms with Crippen LogP contribution in [0.15, 0.2) is 0 Å². The Morgan fingerprint density at radius 2 is 2.00 bits per heavy atom. The number of amides is 2. The third-order valence-corrected chi connectivity index (χ3v) is 4.11. The molecule has 0 saturated carbocycles. The summed E-state index contributed by atoms with van der Waals surface area (Å²) in [5, 5.41) is 14.9. The molecule has 0 aliphatic carbocycles. The molecule has 1 rings (SSSR count). The fourth-order valence-electron chi connectivity index (χ4n) is 1.85. The van der Waals surface area contributed by atoms with Crippen LogP contribution in [0.2, 0.25) is 0 Å². The van der Waals surface area contributed by atoms with Crippen LogP contribution in [0.25, 0.3) is 0 Å². The second kappa shape index (κ2) is 6.89. The molecule has 1 unspecified atom stereocenters. The van der Waals surface area contributed by atoms with Crippen molar-refractivity contribution >= 4 is 28.5 Å². The first-order chi connectivity index (χ1) is 9.63. The maximum atomic E-state index is 12.0. The molecule has 6 nitrogen and oxygen atoms in total. The second-order valence-electron chi connectivity index (χ2n) is 5.99. The summed E-state index contributed by atoms with van der Waals surface area (Å²) in [6, 6.07) is -0.880. The van der Waals surface area contributed by atoms with E-state index in [0.29, 0.717) is 5.13 Å². The van der Waals surface area contributed by atoms with Gasteiger partial charge in [-0.25, -0.2) is 9.78 Å². The molecule has 21 heavy (non-hydrogen) atoms. The third kappa shape index (κ3) is 5.34. The number of rotatable bonds is 5. The molecule has 0 radical (unpaired) electrons. The molecular weight excluding hydrogens is 290 g/mol. The first-order valence-corrected chi connectivity index (χ1v) is 7.70. The lowest BCUT2D eigenvalue weighted by Crippen LogP contribution is -2.46. The number of anilines is 1. The number of hydrogen-bond acceptors (Lipinski definition) is 4. The Hall–Kier alpha value is -1.63. The molecule has 0 aliphatic rings. The molecule has 0 bridgehead atoms. The summed E-state index contributed by atoms with van der Waals surface area (Å²) >= 11 is 1.42. The molecule has 1 heterocycles. The van der Waals surface area contributed by atoms with Gasteiger partial charge in [-0.05, 0) is 18.8 Å². The minimum Gasteiger partial charge on any atom is -0.481 e.